The van der Waals surface area contributed by atoms with Gasteiger partial charge >= 0.3 is 0 Å². The molecule has 0 spiro atoms. The predicted molar refractivity (Wildman–Crippen MR) is 60.6 cm³/mol. The zero-order chi connectivity index (χ0) is 9.97. The Hall–Kier alpha value is -0.670. The summed E-state index contributed by atoms with van der Waals surface area (Å²) in [5.41, 5.74) is 1.21. The number of aryl methyl sites for hydroxylation is 2. The Balaban J connectivity index is 2.03. The predicted octanol–water partition coefficient (Wildman–Crippen LogP) is 2.52. The first kappa shape index (κ1) is 9.87. The maximum absolute atomic E-state index is 4.45. The molecule has 0 radical (unpaired) electrons. The third-order valence-corrected chi connectivity index (χ3v) is 3.57. The molecule has 1 aliphatic heterocycles. The Labute approximate surface area is 89.3 Å². The smallest absolute Gasteiger partial charge is 0.0900 e. The van der Waals surface area contributed by atoms with Crippen LogP contribution >= 0.6 is 11.3 Å². The summed E-state index contributed by atoms with van der Waals surface area (Å²) in [5, 5.41) is 1.19. The molecule has 0 unspecified atom stereocenters. The first-order valence-electron chi connectivity index (χ1n) is 5.06. The Bertz CT molecular complexity index is 341. The van der Waals surface area contributed by atoms with Crippen LogP contribution in [-0.2, 0) is 6.54 Å². The minimum absolute atomic E-state index is 1.07. The third kappa shape index (κ3) is 2.22. The second-order valence-electron chi connectivity index (χ2n) is 3.74. The molecule has 2 rings (SSSR count). The zero-order valence-electron chi connectivity index (χ0n) is 8.79. The molecular formula is C11H16N2S. The first-order chi connectivity index (χ1) is 6.75. The number of hydrogen-bond donors (Lipinski definition) is 0. The van der Waals surface area contributed by atoms with E-state index in [2.05, 4.69) is 35.9 Å². The minimum atomic E-state index is 1.07. The van der Waals surface area contributed by atoms with E-state index in [0.29, 0.717) is 0 Å². The second kappa shape index (κ2) is 4.24. The van der Waals surface area contributed by atoms with E-state index in [9.17, 15) is 0 Å². The fourth-order valence-electron chi connectivity index (χ4n) is 1.76. The van der Waals surface area contributed by atoms with E-state index in [1.807, 2.05) is 11.3 Å². The van der Waals surface area contributed by atoms with Gasteiger partial charge in [0.1, 0.15) is 0 Å². The largest absolute Gasteiger partial charge is 0.294 e. The van der Waals surface area contributed by atoms with Crippen molar-refractivity contribution in [1.29, 1.82) is 0 Å². The molecule has 2 nitrogen and oxygen atoms in total. The van der Waals surface area contributed by atoms with Crippen LogP contribution in [0.2, 0.25) is 0 Å². The summed E-state index contributed by atoms with van der Waals surface area (Å²) in [7, 11) is 0. The van der Waals surface area contributed by atoms with Crippen LogP contribution in [0.15, 0.2) is 12.2 Å². The van der Waals surface area contributed by atoms with Gasteiger partial charge in [-0.15, -0.1) is 11.3 Å². The molecule has 0 amide bonds. The van der Waals surface area contributed by atoms with Gasteiger partial charge in [-0.2, -0.15) is 0 Å². The van der Waals surface area contributed by atoms with Gasteiger partial charge < -0.3 is 0 Å². The van der Waals surface area contributed by atoms with E-state index in [-0.39, 0.29) is 0 Å². The number of thiazole rings is 1. The zero-order valence-corrected chi connectivity index (χ0v) is 9.60. The molecule has 0 bridgehead atoms. The highest BCUT2D eigenvalue weighted by Crippen LogP contribution is 2.19. The lowest BCUT2D eigenvalue weighted by Crippen LogP contribution is -2.26. The van der Waals surface area contributed by atoms with Crippen LogP contribution in [0.1, 0.15) is 22.0 Å². The fraction of sp³-hybridized carbons (Fsp3) is 0.545. The van der Waals surface area contributed by atoms with Gasteiger partial charge in [0.05, 0.1) is 10.7 Å². The molecule has 3 heteroatoms. The molecule has 1 aliphatic rings. The Morgan fingerprint density at radius 3 is 2.86 bits per heavy atom. The molecule has 76 valence electrons. The maximum Gasteiger partial charge on any atom is 0.0900 e. The minimum Gasteiger partial charge on any atom is -0.294 e. The quantitative estimate of drug-likeness (QED) is 0.694. The summed E-state index contributed by atoms with van der Waals surface area (Å²) in [6, 6.07) is 0. The van der Waals surface area contributed by atoms with Crippen LogP contribution < -0.4 is 0 Å². The Morgan fingerprint density at radius 2 is 2.29 bits per heavy atom. The van der Waals surface area contributed by atoms with E-state index in [1.54, 1.807) is 0 Å². The molecule has 0 atom stereocenters. The Kier molecular flexibility index (Phi) is 2.99. The van der Waals surface area contributed by atoms with Gasteiger partial charge in [-0.1, -0.05) is 12.2 Å². The van der Waals surface area contributed by atoms with Crippen molar-refractivity contribution in [2.45, 2.75) is 26.8 Å². The number of aromatic nitrogens is 1. The highest BCUT2D eigenvalue weighted by atomic mass is 32.1. The van der Waals surface area contributed by atoms with Crippen molar-refractivity contribution in [3.8, 4) is 0 Å². The van der Waals surface area contributed by atoms with Gasteiger partial charge in [0.15, 0.2) is 0 Å². The first-order valence-corrected chi connectivity index (χ1v) is 5.87. The van der Waals surface area contributed by atoms with E-state index in [1.165, 1.54) is 28.5 Å². The van der Waals surface area contributed by atoms with Crippen molar-refractivity contribution < 1.29 is 0 Å². The molecular weight excluding hydrogens is 192 g/mol. The lowest BCUT2D eigenvalue weighted by molar-refractivity contribution is 0.292. The standard InChI is InChI=1S/C11H16N2S/c1-9-11(14-10(2)12-9)8-13-6-4-3-5-7-13/h3-4H,5-8H2,1-2H3. The lowest BCUT2D eigenvalue weighted by atomic mass is 10.2. The summed E-state index contributed by atoms with van der Waals surface area (Å²) in [4.78, 5) is 8.35. The van der Waals surface area contributed by atoms with Crippen molar-refractivity contribution in [3.63, 3.8) is 0 Å². The van der Waals surface area contributed by atoms with Crippen LogP contribution in [0.5, 0.6) is 0 Å². The van der Waals surface area contributed by atoms with Gasteiger partial charge in [0.2, 0.25) is 0 Å². The van der Waals surface area contributed by atoms with Gasteiger partial charge in [-0.05, 0) is 20.3 Å². The fourth-order valence-corrected chi connectivity index (χ4v) is 2.74. The van der Waals surface area contributed by atoms with Gasteiger partial charge in [-0.25, -0.2) is 4.98 Å². The summed E-state index contributed by atoms with van der Waals surface area (Å²) < 4.78 is 0. The normalized spacial score (nSPS) is 17.6. The molecule has 0 aromatic carbocycles. The molecule has 1 aromatic heterocycles. The summed E-state index contributed by atoms with van der Waals surface area (Å²) in [6.45, 7) is 7.54. The van der Waals surface area contributed by atoms with Crippen molar-refractivity contribution in [1.82, 2.24) is 9.88 Å². The van der Waals surface area contributed by atoms with Crippen LogP contribution in [0.25, 0.3) is 0 Å². The summed E-state index contributed by atoms with van der Waals surface area (Å²) >= 11 is 1.83. The Morgan fingerprint density at radius 1 is 1.43 bits per heavy atom. The molecule has 14 heavy (non-hydrogen) atoms. The molecule has 1 aromatic rings. The van der Waals surface area contributed by atoms with E-state index >= 15 is 0 Å². The van der Waals surface area contributed by atoms with Gasteiger partial charge in [0.25, 0.3) is 0 Å². The molecule has 0 saturated carbocycles. The van der Waals surface area contributed by atoms with Crippen LogP contribution in [0, 0.1) is 13.8 Å². The number of hydrogen-bond acceptors (Lipinski definition) is 3. The highest BCUT2D eigenvalue weighted by Gasteiger charge is 2.11. The highest BCUT2D eigenvalue weighted by molar-refractivity contribution is 7.11. The van der Waals surface area contributed by atoms with Crippen LogP contribution in [0.4, 0.5) is 0 Å². The van der Waals surface area contributed by atoms with E-state index < -0.39 is 0 Å². The molecule has 0 aliphatic carbocycles. The lowest BCUT2D eigenvalue weighted by Gasteiger charge is -2.22. The average Bonchev–Trinajstić information content (AvgIpc) is 2.47. The topological polar surface area (TPSA) is 16.1 Å². The van der Waals surface area contributed by atoms with Crippen molar-refractivity contribution in [2.75, 3.05) is 13.1 Å². The molecule has 2 heterocycles. The third-order valence-electron chi connectivity index (χ3n) is 2.51. The van der Waals surface area contributed by atoms with Crippen molar-refractivity contribution >= 4 is 11.3 Å². The van der Waals surface area contributed by atoms with Crippen LogP contribution in [0.3, 0.4) is 0 Å². The molecule has 0 saturated heterocycles. The van der Waals surface area contributed by atoms with Gasteiger partial charge in [0, 0.05) is 24.5 Å². The summed E-state index contributed by atoms with van der Waals surface area (Å²) in [6.07, 6.45) is 5.71. The van der Waals surface area contributed by atoms with Crippen molar-refractivity contribution in [2.24, 2.45) is 0 Å². The van der Waals surface area contributed by atoms with E-state index in [4.69, 9.17) is 0 Å². The SMILES string of the molecule is Cc1nc(C)c(CN2CC=CCC2)s1. The monoisotopic (exact) mass is 208 g/mol. The number of rotatable bonds is 2. The van der Waals surface area contributed by atoms with Crippen molar-refractivity contribution in [3.05, 3.63) is 27.7 Å². The number of nitrogens with zero attached hydrogens (tertiary/aromatic N) is 2. The average molecular weight is 208 g/mol. The van der Waals surface area contributed by atoms with Crippen LogP contribution in [-0.4, -0.2) is 23.0 Å². The molecule has 0 fully saturated rings. The maximum atomic E-state index is 4.45. The molecule has 0 N–H and O–H groups in total. The van der Waals surface area contributed by atoms with E-state index in [0.717, 1.165) is 13.1 Å². The second-order valence-corrected chi connectivity index (χ2v) is 5.02. The summed E-state index contributed by atoms with van der Waals surface area (Å²) in [5.74, 6) is 0. The van der Waals surface area contributed by atoms with Gasteiger partial charge in [-0.3, -0.25) is 4.90 Å².